The van der Waals surface area contributed by atoms with Gasteiger partial charge in [-0.25, -0.2) is 30.3 Å². The number of benzene rings is 2. The van der Waals surface area contributed by atoms with E-state index in [1.807, 2.05) is 0 Å². The molecule has 2 aromatic rings. The standard InChI is InChI=1S/C19H21FN2O5S2/c1-13-10-16(22-18(23)19(2,3)12-28(22,24)25)8-9-17(13)29(26,27)21-11-14-4-6-15(20)7-5-14/h4-10,21H,11-12H2,1-3H3. The highest BCUT2D eigenvalue weighted by atomic mass is 32.2. The SMILES string of the molecule is Cc1cc(N2C(=O)C(C)(C)CS2(=O)=O)ccc1S(=O)(=O)NCc1ccc(F)cc1. The Balaban J connectivity index is 1.87. The van der Waals surface area contributed by atoms with Gasteiger partial charge in [-0.1, -0.05) is 12.1 Å². The summed E-state index contributed by atoms with van der Waals surface area (Å²) in [5.41, 5.74) is -0.0635. The molecule has 1 fully saturated rings. The Labute approximate surface area is 169 Å². The summed E-state index contributed by atoms with van der Waals surface area (Å²) in [7, 11) is -7.73. The summed E-state index contributed by atoms with van der Waals surface area (Å²) in [6, 6.07) is 9.35. The third-order valence-corrected chi connectivity index (χ3v) is 8.23. The third kappa shape index (κ3) is 4.19. The molecule has 0 aliphatic carbocycles. The van der Waals surface area contributed by atoms with Gasteiger partial charge < -0.3 is 0 Å². The Kier molecular flexibility index (Phi) is 5.31. The smallest absolute Gasteiger partial charge is 0.247 e. The van der Waals surface area contributed by atoms with Gasteiger partial charge in [-0.15, -0.1) is 0 Å². The first kappa shape index (κ1) is 21.4. The lowest BCUT2D eigenvalue weighted by atomic mass is 9.95. The number of nitrogens with one attached hydrogen (secondary N) is 1. The Morgan fingerprint density at radius 3 is 2.28 bits per heavy atom. The molecular weight excluding hydrogens is 419 g/mol. The minimum absolute atomic E-state index is 0.0308. The molecule has 0 spiro atoms. The summed E-state index contributed by atoms with van der Waals surface area (Å²) in [6.07, 6.45) is 0. The van der Waals surface area contributed by atoms with Crippen molar-refractivity contribution in [1.29, 1.82) is 0 Å². The zero-order valence-electron chi connectivity index (χ0n) is 16.1. The van der Waals surface area contributed by atoms with E-state index in [0.29, 0.717) is 11.1 Å². The van der Waals surface area contributed by atoms with Gasteiger partial charge in [0.25, 0.3) is 0 Å². The van der Waals surface area contributed by atoms with Crippen molar-refractivity contribution in [3.8, 4) is 0 Å². The van der Waals surface area contributed by atoms with E-state index in [0.717, 1.165) is 4.31 Å². The molecule has 10 heteroatoms. The Bertz CT molecular complexity index is 1170. The minimum atomic E-state index is -3.90. The van der Waals surface area contributed by atoms with Crippen LogP contribution in [-0.2, 0) is 31.4 Å². The minimum Gasteiger partial charge on any atom is -0.273 e. The van der Waals surface area contributed by atoms with E-state index in [4.69, 9.17) is 0 Å². The van der Waals surface area contributed by atoms with Gasteiger partial charge in [0.1, 0.15) is 5.82 Å². The predicted molar refractivity (Wildman–Crippen MR) is 107 cm³/mol. The van der Waals surface area contributed by atoms with Crippen LogP contribution >= 0.6 is 0 Å². The Hall–Kier alpha value is -2.30. The largest absolute Gasteiger partial charge is 0.273 e. The van der Waals surface area contributed by atoms with Crippen molar-refractivity contribution in [2.45, 2.75) is 32.2 Å². The molecule has 1 heterocycles. The monoisotopic (exact) mass is 440 g/mol. The number of carbonyl (C=O) groups is 1. The van der Waals surface area contributed by atoms with E-state index in [2.05, 4.69) is 4.72 Å². The van der Waals surface area contributed by atoms with Gasteiger partial charge in [0.05, 0.1) is 21.8 Å². The second-order valence-corrected chi connectivity index (χ2v) is 11.2. The summed E-state index contributed by atoms with van der Waals surface area (Å²) in [6.45, 7) is 4.60. The van der Waals surface area contributed by atoms with Crippen molar-refractivity contribution < 1.29 is 26.0 Å². The van der Waals surface area contributed by atoms with Crippen molar-refractivity contribution in [2.75, 3.05) is 10.1 Å². The second kappa shape index (κ2) is 7.19. The van der Waals surface area contributed by atoms with Crippen LogP contribution in [0.25, 0.3) is 0 Å². The topological polar surface area (TPSA) is 101 Å². The number of sulfonamides is 2. The molecular formula is C19H21FN2O5S2. The Morgan fingerprint density at radius 2 is 1.76 bits per heavy atom. The molecule has 3 rings (SSSR count). The van der Waals surface area contributed by atoms with Crippen LogP contribution in [0.1, 0.15) is 25.0 Å². The average molecular weight is 441 g/mol. The molecule has 156 valence electrons. The van der Waals surface area contributed by atoms with Crippen LogP contribution < -0.4 is 9.03 Å². The van der Waals surface area contributed by atoms with Crippen LogP contribution in [0.2, 0.25) is 0 Å². The number of nitrogens with zero attached hydrogens (tertiary/aromatic N) is 1. The van der Waals surface area contributed by atoms with Gasteiger partial charge in [-0.2, -0.15) is 0 Å². The van der Waals surface area contributed by atoms with E-state index in [1.165, 1.54) is 49.4 Å². The number of hydrogen-bond donors (Lipinski definition) is 1. The molecule has 0 aromatic heterocycles. The maximum Gasteiger partial charge on any atom is 0.247 e. The van der Waals surface area contributed by atoms with Crippen molar-refractivity contribution in [3.05, 3.63) is 59.4 Å². The molecule has 0 bridgehead atoms. The molecule has 1 aliphatic heterocycles. The fraction of sp³-hybridized carbons (Fsp3) is 0.316. The molecule has 7 nitrogen and oxygen atoms in total. The summed E-state index contributed by atoms with van der Waals surface area (Å²) in [5.74, 6) is -1.28. The number of aryl methyl sites for hydroxylation is 1. The highest BCUT2D eigenvalue weighted by molar-refractivity contribution is 7.94. The summed E-state index contributed by atoms with van der Waals surface area (Å²) >= 11 is 0. The fourth-order valence-corrected chi connectivity index (χ4v) is 6.52. The number of anilines is 1. The number of hydrogen-bond acceptors (Lipinski definition) is 5. The van der Waals surface area contributed by atoms with E-state index in [9.17, 15) is 26.0 Å². The molecule has 0 radical (unpaired) electrons. The summed E-state index contributed by atoms with van der Waals surface area (Å²) < 4.78 is 66.2. The maximum absolute atomic E-state index is 13.0. The van der Waals surface area contributed by atoms with Crippen molar-refractivity contribution >= 4 is 31.6 Å². The van der Waals surface area contributed by atoms with Crippen molar-refractivity contribution in [3.63, 3.8) is 0 Å². The number of halogens is 1. The van der Waals surface area contributed by atoms with Gasteiger partial charge in [-0.05, 0) is 62.2 Å². The number of rotatable bonds is 5. The van der Waals surface area contributed by atoms with Crippen LogP contribution in [0.3, 0.4) is 0 Å². The Morgan fingerprint density at radius 1 is 1.14 bits per heavy atom. The van der Waals surface area contributed by atoms with E-state index >= 15 is 0 Å². The quantitative estimate of drug-likeness (QED) is 0.769. The molecule has 1 aliphatic rings. The zero-order chi connectivity index (χ0) is 21.6. The molecule has 1 saturated heterocycles. The van der Waals surface area contributed by atoms with E-state index in [-0.39, 0.29) is 22.9 Å². The molecule has 0 saturated carbocycles. The van der Waals surface area contributed by atoms with Gasteiger partial charge >= 0.3 is 0 Å². The highest BCUT2D eigenvalue weighted by Gasteiger charge is 2.50. The molecule has 2 aromatic carbocycles. The number of amides is 1. The molecule has 29 heavy (non-hydrogen) atoms. The van der Waals surface area contributed by atoms with Gasteiger partial charge in [0, 0.05) is 6.54 Å². The van der Waals surface area contributed by atoms with Gasteiger partial charge in [-0.3, -0.25) is 4.79 Å². The van der Waals surface area contributed by atoms with Crippen molar-refractivity contribution in [2.24, 2.45) is 5.41 Å². The van der Waals surface area contributed by atoms with E-state index in [1.54, 1.807) is 13.8 Å². The molecule has 1 amide bonds. The van der Waals surface area contributed by atoms with Crippen LogP contribution in [0.5, 0.6) is 0 Å². The van der Waals surface area contributed by atoms with Crippen LogP contribution in [0.4, 0.5) is 10.1 Å². The van der Waals surface area contributed by atoms with Crippen molar-refractivity contribution in [1.82, 2.24) is 4.72 Å². The highest BCUT2D eigenvalue weighted by Crippen LogP contribution is 2.36. The first-order valence-corrected chi connectivity index (χ1v) is 11.8. The lowest BCUT2D eigenvalue weighted by molar-refractivity contribution is -0.123. The van der Waals surface area contributed by atoms with E-state index < -0.39 is 37.2 Å². The molecule has 1 N–H and O–H groups in total. The normalized spacial score (nSPS) is 18.2. The summed E-state index contributed by atoms with van der Waals surface area (Å²) in [5, 5.41) is 0. The zero-order valence-corrected chi connectivity index (χ0v) is 17.8. The first-order chi connectivity index (χ1) is 13.3. The summed E-state index contributed by atoms with van der Waals surface area (Å²) in [4.78, 5) is 12.5. The third-order valence-electron chi connectivity index (χ3n) is 4.65. The lowest BCUT2D eigenvalue weighted by Crippen LogP contribution is -2.33. The fourth-order valence-electron chi connectivity index (χ4n) is 3.18. The van der Waals surface area contributed by atoms with Crippen LogP contribution in [0.15, 0.2) is 47.4 Å². The van der Waals surface area contributed by atoms with Crippen LogP contribution in [-0.4, -0.2) is 28.5 Å². The molecule has 0 unspecified atom stereocenters. The first-order valence-electron chi connectivity index (χ1n) is 8.76. The maximum atomic E-state index is 13.0. The molecule has 0 atom stereocenters. The second-order valence-electron chi connectivity index (χ2n) is 7.61. The predicted octanol–water partition coefficient (Wildman–Crippen LogP) is 2.32. The van der Waals surface area contributed by atoms with Crippen LogP contribution in [0, 0.1) is 18.2 Å². The average Bonchev–Trinajstić information content (AvgIpc) is 2.77. The van der Waals surface area contributed by atoms with Gasteiger partial charge in [0.15, 0.2) is 0 Å². The van der Waals surface area contributed by atoms with Gasteiger partial charge in [0.2, 0.25) is 26.0 Å². The lowest BCUT2D eigenvalue weighted by Gasteiger charge is -2.19. The number of carbonyl (C=O) groups excluding carboxylic acids is 1.